The molecule has 0 unspecified atom stereocenters. The molecule has 14 heavy (non-hydrogen) atoms. The van der Waals surface area contributed by atoms with E-state index < -0.39 is 0 Å². The number of rotatable bonds is 4. The highest BCUT2D eigenvalue weighted by molar-refractivity contribution is 5.37. The van der Waals surface area contributed by atoms with E-state index >= 15 is 0 Å². The van der Waals surface area contributed by atoms with Crippen molar-refractivity contribution >= 4 is 0 Å². The Morgan fingerprint density at radius 1 is 1.36 bits per heavy atom. The SMILES string of the molecule is COCc1cc([C@H](C)N)ccc1OC. The highest BCUT2D eigenvalue weighted by Crippen LogP contribution is 2.22. The fourth-order valence-corrected chi connectivity index (χ4v) is 1.35. The standard InChI is InChI=1S/C11H17NO2/c1-8(12)9-4-5-11(14-3)10(6-9)7-13-2/h4-6,8H,7,12H2,1-3H3/t8-/m0/s1. The van der Waals surface area contributed by atoms with E-state index in [9.17, 15) is 0 Å². The molecular weight excluding hydrogens is 178 g/mol. The number of benzene rings is 1. The number of nitrogens with two attached hydrogens (primary N) is 1. The van der Waals surface area contributed by atoms with E-state index in [-0.39, 0.29) is 6.04 Å². The van der Waals surface area contributed by atoms with Crippen molar-refractivity contribution in [2.75, 3.05) is 14.2 Å². The monoisotopic (exact) mass is 195 g/mol. The maximum Gasteiger partial charge on any atom is 0.124 e. The van der Waals surface area contributed by atoms with Gasteiger partial charge in [0, 0.05) is 18.7 Å². The van der Waals surface area contributed by atoms with Gasteiger partial charge in [0.2, 0.25) is 0 Å². The van der Waals surface area contributed by atoms with Gasteiger partial charge in [-0.25, -0.2) is 0 Å². The molecule has 1 aromatic rings. The van der Waals surface area contributed by atoms with Crippen LogP contribution in [0, 0.1) is 0 Å². The van der Waals surface area contributed by atoms with E-state index in [4.69, 9.17) is 15.2 Å². The van der Waals surface area contributed by atoms with E-state index in [2.05, 4.69) is 0 Å². The van der Waals surface area contributed by atoms with Crippen LogP contribution in [0.25, 0.3) is 0 Å². The van der Waals surface area contributed by atoms with Gasteiger partial charge < -0.3 is 15.2 Å². The quantitative estimate of drug-likeness (QED) is 0.797. The summed E-state index contributed by atoms with van der Waals surface area (Å²) >= 11 is 0. The zero-order valence-corrected chi connectivity index (χ0v) is 8.91. The lowest BCUT2D eigenvalue weighted by Crippen LogP contribution is -2.06. The molecule has 0 amide bonds. The Labute approximate surface area is 84.8 Å². The van der Waals surface area contributed by atoms with Gasteiger partial charge in [-0.2, -0.15) is 0 Å². The molecule has 1 aromatic carbocycles. The van der Waals surface area contributed by atoms with Gasteiger partial charge in [0.15, 0.2) is 0 Å². The first kappa shape index (κ1) is 11.0. The normalized spacial score (nSPS) is 12.6. The predicted molar refractivity (Wildman–Crippen MR) is 56.3 cm³/mol. The Balaban J connectivity index is 3.01. The molecule has 0 aromatic heterocycles. The second-order valence-corrected chi connectivity index (χ2v) is 3.29. The molecule has 0 spiro atoms. The molecule has 1 atom stereocenters. The smallest absolute Gasteiger partial charge is 0.124 e. The molecule has 3 heteroatoms. The van der Waals surface area contributed by atoms with E-state index in [0.717, 1.165) is 16.9 Å². The summed E-state index contributed by atoms with van der Waals surface area (Å²) in [6, 6.07) is 5.96. The molecule has 0 saturated carbocycles. The van der Waals surface area contributed by atoms with Gasteiger partial charge in [-0.15, -0.1) is 0 Å². The molecule has 3 nitrogen and oxygen atoms in total. The first-order valence-corrected chi connectivity index (χ1v) is 4.60. The van der Waals surface area contributed by atoms with Crippen LogP contribution in [0.1, 0.15) is 24.1 Å². The molecule has 0 bridgehead atoms. The molecule has 78 valence electrons. The second-order valence-electron chi connectivity index (χ2n) is 3.29. The number of hydrogen-bond acceptors (Lipinski definition) is 3. The topological polar surface area (TPSA) is 44.5 Å². The maximum atomic E-state index is 5.79. The lowest BCUT2D eigenvalue weighted by atomic mass is 10.1. The molecule has 0 fully saturated rings. The Bertz CT molecular complexity index is 297. The minimum atomic E-state index is 0.0384. The van der Waals surface area contributed by atoms with Crippen LogP contribution in [-0.4, -0.2) is 14.2 Å². The maximum absolute atomic E-state index is 5.79. The minimum absolute atomic E-state index is 0.0384. The zero-order chi connectivity index (χ0) is 10.6. The van der Waals surface area contributed by atoms with Gasteiger partial charge in [-0.1, -0.05) is 6.07 Å². The number of hydrogen-bond donors (Lipinski definition) is 1. The van der Waals surface area contributed by atoms with Crippen LogP contribution in [-0.2, 0) is 11.3 Å². The molecule has 1 rings (SSSR count). The van der Waals surface area contributed by atoms with Crippen LogP contribution < -0.4 is 10.5 Å². The van der Waals surface area contributed by atoms with Gasteiger partial charge in [-0.05, 0) is 24.6 Å². The van der Waals surface area contributed by atoms with Crippen molar-refractivity contribution in [1.82, 2.24) is 0 Å². The van der Waals surface area contributed by atoms with Gasteiger partial charge >= 0.3 is 0 Å². The summed E-state index contributed by atoms with van der Waals surface area (Å²) < 4.78 is 10.3. The van der Waals surface area contributed by atoms with E-state index in [1.165, 1.54) is 0 Å². The third-order valence-corrected chi connectivity index (χ3v) is 2.13. The van der Waals surface area contributed by atoms with Gasteiger partial charge in [-0.3, -0.25) is 0 Å². The Kier molecular flexibility index (Phi) is 3.92. The fourth-order valence-electron chi connectivity index (χ4n) is 1.35. The Hall–Kier alpha value is -1.06. The van der Waals surface area contributed by atoms with Crippen LogP contribution in [0.15, 0.2) is 18.2 Å². The third kappa shape index (κ3) is 2.47. The summed E-state index contributed by atoms with van der Waals surface area (Å²) in [5, 5.41) is 0. The van der Waals surface area contributed by atoms with Crippen LogP contribution in [0.3, 0.4) is 0 Å². The average Bonchev–Trinajstić information content (AvgIpc) is 2.18. The van der Waals surface area contributed by atoms with Crippen LogP contribution in [0.2, 0.25) is 0 Å². The van der Waals surface area contributed by atoms with Crippen molar-refractivity contribution in [3.63, 3.8) is 0 Å². The van der Waals surface area contributed by atoms with Crippen LogP contribution in [0.5, 0.6) is 5.75 Å². The predicted octanol–water partition coefficient (Wildman–Crippen LogP) is 1.86. The lowest BCUT2D eigenvalue weighted by molar-refractivity contribution is 0.181. The van der Waals surface area contributed by atoms with Crippen molar-refractivity contribution in [3.8, 4) is 5.75 Å². The van der Waals surface area contributed by atoms with Gasteiger partial charge in [0.25, 0.3) is 0 Å². The van der Waals surface area contributed by atoms with Crippen molar-refractivity contribution in [2.24, 2.45) is 5.73 Å². The Morgan fingerprint density at radius 2 is 2.07 bits per heavy atom. The highest BCUT2D eigenvalue weighted by Gasteiger charge is 2.06. The van der Waals surface area contributed by atoms with Crippen LogP contribution >= 0.6 is 0 Å². The largest absolute Gasteiger partial charge is 0.496 e. The molecule has 0 aliphatic rings. The average molecular weight is 195 g/mol. The van der Waals surface area contributed by atoms with Gasteiger partial charge in [0.1, 0.15) is 5.75 Å². The number of methoxy groups -OCH3 is 2. The molecular formula is C11H17NO2. The van der Waals surface area contributed by atoms with E-state index in [0.29, 0.717) is 6.61 Å². The molecule has 0 aliphatic heterocycles. The van der Waals surface area contributed by atoms with E-state index in [1.807, 2.05) is 25.1 Å². The van der Waals surface area contributed by atoms with E-state index in [1.54, 1.807) is 14.2 Å². The molecule has 0 heterocycles. The molecule has 0 saturated heterocycles. The number of ether oxygens (including phenoxy) is 2. The zero-order valence-electron chi connectivity index (χ0n) is 8.91. The summed E-state index contributed by atoms with van der Waals surface area (Å²) in [6.07, 6.45) is 0. The highest BCUT2D eigenvalue weighted by atomic mass is 16.5. The molecule has 0 aliphatic carbocycles. The molecule has 2 N–H and O–H groups in total. The van der Waals surface area contributed by atoms with Crippen LogP contribution in [0.4, 0.5) is 0 Å². The van der Waals surface area contributed by atoms with Crippen molar-refractivity contribution < 1.29 is 9.47 Å². The summed E-state index contributed by atoms with van der Waals surface area (Å²) in [6.45, 7) is 2.50. The van der Waals surface area contributed by atoms with Crippen molar-refractivity contribution in [1.29, 1.82) is 0 Å². The summed E-state index contributed by atoms with van der Waals surface area (Å²) in [4.78, 5) is 0. The third-order valence-electron chi connectivity index (χ3n) is 2.13. The summed E-state index contributed by atoms with van der Waals surface area (Å²) in [5.41, 5.74) is 7.92. The fraction of sp³-hybridized carbons (Fsp3) is 0.455. The summed E-state index contributed by atoms with van der Waals surface area (Å²) in [5.74, 6) is 0.844. The molecule has 0 radical (unpaired) electrons. The van der Waals surface area contributed by atoms with Gasteiger partial charge in [0.05, 0.1) is 13.7 Å². The first-order valence-electron chi connectivity index (χ1n) is 4.60. The van der Waals surface area contributed by atoms with Crippen molar-refractivity contribution in [3.05, 3.63) is 29.3 Å². The summed E-state index contributed by atoms with van der Waals surface area (Å²) in [7, 11) is 3.32. The minimum Gasteiger partial charge on any atom is -0.496 e. The first-order chi connectivity index (χ1) is 6.69. The Morgan fingerprint density at radius 3 is 2.57 bits per heavy atom. The van der Waals surface area contributed by atoms with Crippen molar-refractivity contribution in [2.45, 2.75) is 19.6 Å². The lowest BCUT2D eigenvalue weighted by Gasteiger charge is -2.11. The second kappa shape index (κ2) is 4.98.